The van der Waals surface area contributed by atoms with E-state index in [1.54, 1.807) is 17.9 Å². The predicted molar refractivity (Wildman–Crippen MR) is 93.7 cm³/mol. The first-order valence-corrected chi connectivity index (χ1v) is 9.37. The van der Waals surface area contributed by atoms with Crippen LogP contribution in [0.15, 0.2) is 22.7 Å². The van der Waals surface area contributed by atoms with Crippen LogP contribution in [-0.2, 0) is 10.2 Å². The van der Waals surface area contributed by atoms with Crippen LogP contribution in [0.1, 0.15) is 43.5 Å². The first-order valence-electron chi connectivity index (χ1n) is 8.58. The van der Waals surface area contributed by atoms with Gasteiger partial charge in [-0.1, -0.05) is 22.0 Å². The zero-order chi connectivity index (χ0) is 18.0. The monoisotopic (exact) mass is 412 g/mol. The summed E-state index contributed by atoms with van der Waals surface area (Å²) in [5.41, 5.74) is 0.204. The van der Waals surface area contributed by atoms with Crippen molar-refractivity contribution < 1.29 is 19.4 Å². The van der Waals surface area contributed by atoms with Gasteiger partial charge in [-0.3, -0.25) is 9.69 Å². The van der Waals surface area contributed by atoms with Gasteiger partial charge in [0.25, 0.3) is 0 Å². The van der Waals surface area contributed by atoms with Gasteiger partial charge in [-0.15, -0.1) is 0 Å². The summed E-state index contributed by atoms with van der Waals surface area (Å²) in [5, 5.41) is 23.3. The highest BCUT2D eigenvalue weighted by atomic mass is 79.9. The molecule has 2 fully saturated rings. The largest absolute Gasteiger partial charge is 0.390 e. The van der Waals surface area contributed by atoms with Gasteiger partial charge in [0, 0.05) is 22.5 Å². The number of hydrogen-bond donors (Lipinski definition) is 3. The van der Waals surface area contributed by atoms with Crippen molar-refractivity contribution in [2.45, 2.75) is 55.6 Å². The van der Waals surface area contributed by atoms with E-state index in [4.69, 9.17) is 0 Å². The minimum absolute atomic E-state index is 0.0176. The van der Waals surface area contributed by atoms with E-state index < -0.39 is 23.4 Å². The lowest BCUT2D eigenvalue weighted by Gasteiger charge is -2.42. The number of fused-ring (bicyclic) bond motifs is 2. The molecule has 1 aromatic rings. The van der Waals surface area contributed by atoms with Crippen molar-refractivity contribution in [2.75, 3.05) is 13.1 Å². The number of nitrogens with zero attached hydrogens (tertiary/aromatic N) is 1. The molecule has 1 amide bonds. The third-order valence-electron chi connectivity index (χ3n) is 5.73. The third-order valence-corrected chi connectivity index (χ3v) is 6.22. The Morgan fingerprint density at radius 1 is 1.44 bits per heavy atom. The molecule has 2 saturated carbocycles. The first kappa shape index (κ1) is 17.4. The normalized spacial score (nSPS) is 39.6. The smallest absolute Gasteiger partial charge is 0.234 e. The Bertz CT molecular complexity index is 720. The van der Waals surface area contributed by atoms with E-state index in [0.717, 1.165) is 10.0 Å². The molecule has 2 aliphatic carbocycles. The summed E-state index contributed by atoms with van der Waals surface area (Å²) in [4.78, 5) is 13.9. The molecule has 7 heteroatoms. The molecule has 1 unspecified atom stereocenters. The van der Waals surface area contributed by atoms with Crippen molar-refractivity contribution in [1.82, 2.24) is 10.2 Å². The minimum atomic E-state index is -0.944. The number of aliphatic hydroxyl groups excluding tert-OH is 1. The minimum Gasteiger partial charge on any atom is -0.390 e. The topological polar surface area (TPSA) is 72.8 Å². The lowest BCUT2D eigenvalue weighted by molar-refractivity contribution is -0.130. The third kappa shape index (κ3) is 3.01. The molecule has 25 heavy (non-hydrogen) atoms. The van der Waals surface area contributed by atoms with Crippen LogP contribution in [0.2, 0.25) is 0 Å². The predicted octanol–water partition coefficient (Wildman–Crippen LogP) is 1.76. The second kappa shape index (κ2) is 5.74. The number of amides is 1. The van der Waals surface area contributed by atoms with Crippen LogP contribution >= 0.6 is 15.9 Å². The standard InChI is InChI=1S/C18H22BrFN2O3/c1-17(25)5-11(6-17)21-15(23)8-22-9-18(7-14(18)20)13-4-10(19)2-3-12(13)16(22)24/h2-4,11,14,16,24-25H,5-9H2,1H3,(H,21,23)/t11?,14-,16?,17?,18+/m1/s1. The number of halogens is 2. The van der Waals surface area contributed by atoms with Crippen molar-refractivity contribution >= 4 is 21.8 Å². The molecule has 3 atom stereocenters. The fourth-order valence-electron chi connectivity index (χ4n) is 4.32. The van der Waals surface area contributed by atoms with Gasteiger partial charge in [0.05, 0.1) is 12.1 Å². The fraction of sp³-hybridized carbons (Fsp3) is 0.611. The van der Waals surface area contributed by atoms with Crippen LogP contribution < -0.4 is 5.32 Å². The van der Waals surface area contributed by atoms with Crippen LogP contribution in [0.5, 0.6) is 0 Å². The highest BCUT2D eigenvalue weighted by Gasteiger charge is 2.61. The van der Waals surface area contributed by atoms with Crippen molar-refractivity contribution in [3.05, 3.63) is 33.8 Å². The molecule has 0 radical (unpaired) electrons. The summed E-state index contributed by atoms with van der Waals surface area (Å²) < 4.78 is 15.1. The van der Waals surface area contributed by atoms with Crippen LogP contribution in [-0.4, -0.2) is 51.9 Å². The Kier molecular flexibility index (Phi) is 3.99. The molecule has 5 nitrogen and oxygen atoms in total. The molecule has 3 aliphatic rings. The number of carbonyl (C=O) groups excluding carboxylic acids is 1. The number of carbonyl (C=O) groups is 1. The van der Waals surface area contributed by atoms with Gasteiger partial charge >= 0.3 is 0 Å². The second-order valence-electron chi connectivity index (χ2n) is 8.01. The van der Waals surface area contributed by atoms with Gasteiger partial charge in [-0.05, 0) is 49.4 Å². The first-order chi connectivity index (χ1) is 11.7. The fourth-order valence-corrected chi connectivity index (χ4v) is 4.68. The van der Waals surface area contributed by atoms with E-state index in [2.05, 4.69) is 21.2 Å². The Morgan fingerprint density at radius 3 is 2.72 bits per heavy atom. The number of rotatable bonds is 3. The Balaban J connectivity index is 1.48. The highest BCUT2D eigenvalue weighted by molar-refractivity contribution is 9.10. The van der Waals surface area contributed by atoms with Gasteiger partial charge in [-0.25, -0.2) is 4.39 Å². The molecule has 4 rings (SSSR count). The summed E-state index contributed by atoms with van der Waals surface area (Å²) in [6.07, 6.45) is -0.368. The molecule has 1 heterocycles. The van der Waals surface area contributed by atoms with Crippen LogP contribution in [0.3, 0.4) is 0 Å². The summed E-state index contributed by atoms with van der Waals surface area (Å²) >= 11 is 3.41. The molecular weight excluding hydrogens is 391 g/mol. The molecule has 0 saturated heterocycles. The number of aliphatic hydroxyl groups is 2. The summed E-state index contributed by atoms with van der Waals surface area (Å²) in [6, 6.07) is 5.47. The zero-order valence-electron chi connectivity index (χ0n) is 14.0. The summed E-state index contributed by atoms with van der Waals surface area (Å²) in [5.74, 6) is -0.202. The molecule has 3 N–H and O–H groups in total. The zero-order valence-corrected chi connectivity index (χ0v) is 15.6. The number of nitrogens with one attached hydrogen (secondary N) is 1. The van der Waals surface area contributed by atoms with Gasteiger partial charge in [-0.2, -0.15) is 0 Å². The van der Waals surface area contributed by atoms with Crippen molar-refractivity contribution in [3.63, 3.8) is 0 Å². The maximum atomic E-state index is 14.2. The van der Waals surface area contributed by atoms with E-state index in [-0.39, 0.29) is 18.5 Å². The molecule has 1 aliphatic heterocycles. The van der Waals surface area contributed by atoms with E-state index in [1.165, 1.54) is 0 Å². The van der Waals surface area contributed by atoms with Gasteiger partial charge in [0.1, 0.15) is 12.4 Å². The molecule has 0 bridgehead atoms. The lowest BCUT2D eigenvalue weighted by Crippen LogP contribution is -2.55. The van der Waals surface area contributed by atoms with Crippen LogP contribution in [0, 0.1) is 0 Å². The number of benzene rings is 1. The van der Waals surface area contributed by atoms with Crippen LogP contribution in [0.4, 0.5) is 4.39 Å². The average Bonchev–Trinajstić information content (AvgIpc) is 3.13. The van der Waals surface area contributed by atoms with E-state index in [1.807, 2.05) is 12.1 Å². The van der Waals surface area contributed by atoms with Crippen molar-refractivity contribution in [2.24, 2.45) is 0 Å². The highest BCUT2D eigenvalue weighted by Crippen LogP contribution is 2.56. The number of alkyl halides is 1. The lowest BCUT2D eigenvalue weighted by atomic mass is 9.77. The maximum Gasteiger partial charge on any atom is 0.234 e. The Hall–Kier alpha value is -1.02. The van der Waals surface area contributed by atoms with Crippen LogP contribution in [0.25, 0.3) is 0 Å². The molecule has 136 valence electrons. The summed E-state index contributed by atoms with van der Waals surface area (Å²) in [7, 11) is 0. The van der Waals surface area contributed by atoms with E-state index >= 15 is 0 Å². The van der Waals surface area contributed by atoms with Crippen molar-refractivity contribution in [3.8, 4) is 0 Å². The van der Waals surface area contributed by atoms with E-state index in [0.29, 0.717) is 31.4 Å². The molecule has 1 spiro atoms. The van der Waals surface area contributed by atoms with Gasteiger partial charge in [0.2, 0.25) is 5.91 Å². The molecular formula is C18H22BrFN2O3. The average molecular weight is 413 g/mol. The SMILES string of the molecule is CC1(O)CC(NC(=O)CN2C[C@@]3(C[C@H]3F)c3cc(Br)ccc3C2O)C1. The quantitative estimate of drug-likeness (QED) is 0.707. The molecule has 0 aromatic heterocycles. The molecule has 1 aromatic carbocycles. The summed E-state index contributed by atoms with van der Waals surface area (Å²) in [6.45, 7) is 2.09. The Labute approximate surface area is 154 Å². The van der Waals surface area contributed by atoms with Crippen molar-refractivity contribution in [1.29, 1.82) is 0 Å². The van der Waals surface area contributed by atoms with Gasteiger partial charge < -0.3 is 15.5 Å². The maximum absolute atomic E-state index is 14.2. The Morgan fingerprint density at radius 2 is 2.12 bits per heavy atom. The van der Waals surface area contributed by atoms with E-state index in [9.17, 15) is 19.4 Å². The second-order valence-corrected chi connectivity index (χ2v) is 8.92. The number of hydrogen-bond acceptors (Lipinski definition) is 4. The van der Waals surface area contributed by atoms with Gasteiger partial charge in [0.15, 0.2) is 0 Å².